The van der Waals surface area contributed by atoms with Gasteiger partial charge in [0.2, 0.25) is 5.91 Å². The molecule has 8 bridgehead atoms. The van der Waals surface area contributed by atoms with Crippen molar-refractivity contribution in [3.8, 4) is 0 Å². The van der Waals surface area contributed by atoms with Gasteiger partial charge in [0.1, 0.15) is 0 Å². The van der Waals surface area contributed by atoms with Crippen LogP contribution in [0.4, 0.5) is 5.69 Å². The average molecular weight is 503 g/mol. The van der Waals surface area contributed by atoms with Gasteiger partial charge in [-0.05, 0) is 72.8 Å². The number of aromatic nitrogens is 4. The fourth-order valence-corrected chi connectivity index (χ4v) is 3.60. The molecule has 0 atom stereocenters. The largest absolute Gasteiger partial charge is 0.355 e. The number of hydrogen-bond donors (Lipinski definition) is 3. The van der Waals surface area contributed by atoms with Crippen molar-refractivity contribution in [2.75, 3.05) is 5.32 Å². The number of para-hydroxylation sites is 1. The summed E-state index contributed by atoms with van der Waals surface area (Å²) in [6, 6.07) is 26.5. The predicted molar refractivity (Wildman–Crippen MR) is 138 cm³/mol. The molecule has 2 aliphatic heterocycles. The number of H-pyrrole nitrogens is 2. The van der Waals surface area contributed by atoms with E-state index in [4.69, 9.17) is 0 Å². The maximum Gasteiger partial charge on any atom is 0.219 e. The summed E-state index contributed by atoms with van der Waals surface area (Å²) in [6.07, 6.45) is 8.05. The molecule has 0 saturated heterocycles. The molecule has 2 aliphatic rings. The van der Waals surface area contributed by atoms with Crippen LogP contribution in [0.25, 0.3) is 46.4 Å². The Kier molecular flexibility index (Phi) is 7.40. The van der Waals surface area contributed by atoms with Crippen LogP contribution in [0.1, 0.15) is 29.7 Å². The Morgan fingerprint density at radius 3 is 1.66 bits per heavy atom. The molecular formula is C28H22CoN5O-. The first-order chi connectivity index (χ1) is 16.6. The molecule has 3 aromatic heterocycles. The third-order valence-electron chi connectivity index (χ3n) is 5.06. The number of anilines is 1. The number of amides is 1. The minimum Gasteiger partial charge on any atom is -0.355 e. The second-order valence-electron chi connectivity index (χ2n) is 7.86. The van der Waals surface area contributed by atoms with Gasteiger partial charge in [0.05, 0.1) is 22.8 Å². The van der Waals surface area contributed by atoms with Crippen LogP contribution in [0.15, 0.2) is 72.8 Å². The first-order valence-electron chi connectivity index (χ1n) is 10.9. The van der Waals surface area contributed by atoms with Gasteiger partial charge in [0.25, 0.3) is 0 Å². The molecule has 1 radical (unpaired) electrons. The van der Waals surface area contributed by atoms with Crippen LogP contribution in [0.5, 0.6) is 0 Å². The fourth-order valence-electron chi connectivity index (χ4n) is 3.60. The summed E-state index contributed by atoms with van der Waals surface area (Å²) in [7, 11) is 0. The topological polar surface area (TPSA) is 86.5 Å². The van der Waals surface area contributed by atoms with Crippen molar-refractivity contribution in [2.24, 2.45) is 0 Å². The van der Waals surface area contributed by atoms with E-state index in [0.29, 0.717) is 0 Å². The molecule has 0 spiro atoms. The van der Waals surface area contributed by atoms with Crippen LogP contribution in [-0.2, 0) is 21.6 Å². The zero-order valence-corrected chi connectivity index (χ0v) is 19.9. The summed E-state index contributed by atoms with van der Waals surface area (Å²) in [5.41, 5.74) is 8.58. The summed E-state index contributed by atoms with van der Waals surface area (Å²) >= 11 is 0. The number of rotatable bonds is 1. The molecule has 0 aliphatic carbocycles. The van der Waals surface area contributed by atoms with Crippen molar-refractivity contribution in [1.82, 2.24) is 19.9 Å². The van der Waals surface area contributed by atoms with Gasteiger partial charge < -0.3 is 15.3 Å². The fraction of sp³-hybridized carbons (Fsp3) is 0.0357. The van der Waals surface area contributed by atoms with Crippen LogP contribution >= 0.6 is 0 Å². The van der Waals surface area contributed by atoms with Gasteiger partial charge >= 0.3 is 0 Å². The maximum atomic E-state index is 10.5. The standard InChI is InChI=1S/C20H14N4.C8H8NO.Co/c1-2-14-10-16-5-6-18(23-16)12-20-8-7-19(24-20)11-17-4-3-15(22-17)9-13(1)21-14;1-7(10)9-8-5-3-2-4-6-8;/h1-12,21-22H;2-5H,1H3,(H,9,10);/q;-1;. The van der Waals surface area contributed by atoms with Crippen molar-refractivity contribution < 1.29 is 21.6 Å². The molecule has 6 nitrogen and oxygen atoms in total. The molecular weight excluding hydrogens is 481 g/mol. The predicted octanol–water partition coefficient (Wildman–Crippen LogP) is 6.10. The summed E-state index contributed by atoms with van der Waals surface area (Å²) in [4.78, 5) is 26.5. The van der Waals surface area contributed by atoms with E-state index in [0.717, 1.165) is 50.5 Å². The van der Waals surface area contributed by atoms with E-state index in [1.807, 2.05) is 54.6 Å². The van der Waals surface area contributed by atoms with Gasteiger partial charge in [-0.2, -0.15) is 24.3 Å². The summed E-state index contributed by atoms with van der Waals surface area (Å²) in [5.74, 6) is -0.0672. The van der Waals surface area contributed by atoms with Crippen molar-refractivity contribution in [3.63, 3.8) is 0 Å². The molecule has 1 amide bonds. The monoisotopic (exact) mass is 503 g/mol. The van der Waals surface area contributed by atoms with Gasteiger partial charge in [-0.25, -0.2) is 9.97 Å². The average Bonchev–Trinajstić information content (AvgIpc) is 3.61. The Balaban J connectivity index is 0.000000224. The van der Waals surface area contributed by atoms with Gasteiger partial charge in [-0.3, -0.25) is 4.79 Å². The molecule has 0 saturated carbocycles. The first kappa shape index (κ1) is 23.9. The van der Waals surface area contributed by atoms with E-state index in [1.165, 1.54) is 6.92 Å². The van der Waals surface area contributed by atoms with E-state index in [2.05, 4.69) is 61.7 Å². The third kappa shape index (κ3) is 6.44. The molecule has 1 aromatic carbocycles. The van der Waals surface area contributed by atoms with E-state index >= 15 is 0 Å². The Labute approximate surface area is 213 Å². The quantitative estimate of drug-likeness (QED) is 0.237. The molecule has 175 valence electrons. The number of carbonyl (C=O) groups is 1. The zero-order valence-electron chi connectivity index (χ0n) is 18.9. The SMILES string of the molecule is C1=Cc2cc3ccc(cc4ccc(cc5nc(cc1n2)C=C5)[nH]4)[nH]3.CC(=O)Nc1[c-]cccc1.[Co]. The zero-order chi connectivity index (χ0) is 23.3. The summed E-state index contributed by atoms with van der Waals surface area (Å²) in [6.45, 7) is 1.47. The van der Waals surface area contributed by atoms with Crippen molar-refractivity contribution in [1.29, 1.82) is 0 Å². The van der Waals surface area contributed by atoms with Crippen molar-refractivity contribution >= 4 is 58.0 Å². The number of benzene rings is 1. The first-order valence-corrected chi connectivity index (χ1v) is 10.9. The van der Waals surface area contributed by atoms with Crippen LogP contribution in [0, 0.1) is 6.07 Å². The summed E-state index contributed by atoms with van der Waals surface area (Å²) in [5, 5.41) is 2.61. The Morgan fingerprint density at radius 2 is 1.20 bits per heavy atom. The number of carbonyl (C=O) groups excluding carboxylic acids is 1. The Hall–Kier alpha value is -4.20. The van der Waals surface area contributed by atoms with E-state index in [1.54, 1.807) is 12.1 Å². The van der Waals surface area contributed by atoms with E-state index in [-0.39, 0.29) is 22.7 Å². The van der Waals surface area contributed by atoms with Gasteiger partial charge in [0, 0.05) is 45.8 Å². The second-order valence-corrected chi connectivity index (χ2v) is 7.86. The minimum absolute atomic E-state index is 0. The van der Waals surface area contributed by atoms with Gasteiger partial charge in [0.15, 0.2) is 0 Å². The van der Waals surface area contributed by atoms with E-state index < -0.39 is 0 Å². The molecule has 0 unspecified atom stereocenters. The minimum atomic E-state index is -0.0672. The van der Waals surface area contributed by atoms with Crippen LogP contribution in [0.3, 0.4) is 0 Å². The molecule has 3 N–H and O–H groups in total. The normalized spacial score (nSPS) is 11.2. The van der Waals surface area contributed by atoms with Gasteiger partial charge in [-0.1, -0.05) is 5.69 Å². The molecule has 5 heterocycles. The van der Waals surface area contributed by atoms with Crippen molar-refractivity contribution in [3.05, 3.63) is 102 Å². The molecule has 6 rings (SSSR count). The number of fused-ring (bicyclic) bond motifs is 8. The molecule has 4 aromatic rings. The Morgan fingerprint density at radius 1 is 0.714 bits per heavy atom. The number of nitrogens with one attached hydrogen (secondary N) is 3. The van der Waals surface area contributed by atoms with E-state index in [9.17, 15) is 4.79 Å². The van der Waals surface area contributed by atoms with Crippen LogP contribution in [0.2, 0.25) is 0 Å². The Bertz CT molecular complexity index is 1480. The molecule has 7 heteroatoms. The third-order valence-corrected chi connectivity index (χ3v) is 5.06. The summed E-state index contributed by atoms with van der Waals surface area (Å²) < 4.78 is 0. The smallest absolute Gasteiger partial charge is 0.219 e. The number of hydrogen-bond acceptors (Lipinski definition) is 3. The molecule has 0 fully saturated rings. The molecule has 35 heavy (non-hydrogen) atoms. The number of nitrogens with zero attached hydrogens (tertiary/aromatic N) is 2. The van der Waals surface area contributed by atoms with Crippen LogP contribution in [-0.4, -0.2) is 25.8 Å². The maximum absolute atomic E-state index is 10.5. The van der Waals surface area contributed by atoms with Gasteiger partial charge in [-0.15, -0.1) is 6.07 Å². The van der Waals surface area contributed by atoms with Crippen molar-refractivity contribution in [2.45, 2.75) is 6.92 Å². The number of aromatic amines is 2. The second kappa shape index (κ2) is 10.8. The van der Waals surface area contributed by atoms with Crippen LogP contribution < -0.4 is 5.32 Å².